The van der Waals surface area contributed by atoms with Crippen LogP contribution in [0.2, 0.25) is 0 Å². The van der Waals surface area contributed by atoms with Gasteiger partial charge in [-0.1, -0.05) is 19.1 Å². The van der Waals surface area contributed by atoms with Gasteiger partial charge in [-0.05, 0) is 5.92 Å². The second kappa shape index (κ2) is 4.32. The maximum absolute atomic E-state index is 11.9. The fourth-order valence-electron chi connectivity index (χ4n) is 1.34. The summed E-state index contributed by atoms with van der Waals surface area (Å²) in [6.45, 7) is 3.88. The zero-order chi connectivity index (χ0) is 10.7. The SMILES string of the molecule is COC(C(=O)c1cnnn1C)C(C)C. The molecule has 0 saturated heterocycles. The molecular formula is C9H15N3O2. The Morgan fingerprint density at radius 2 is 2.21 bits per heavy atom. The molecule has 0 bridgehead atoms. The first-order valence-corrected chi connectivity index (χ1v) is 4.49. The van der Waals surface area contributed by atoms with E-state index in [1.54, 1.807) is 7.05 Å². The molecule has 1 aromatic heterocycles. The zero-order valence-electron chi connectivity index (χ0n) is 8.89. The highest BCUT2D eigenvalue weighted by Crippen LogP contribution is 2.11. The molecule has 0 aliphatic heterocycles. The molecule has 0 aliphatic rings. The van der Waals surface area contributed by atoms with E-state index in [1.165, 1.54) is 18.0 Å². The Bertz CT molecular complexity index is 320. The molecule has 0 aliphatic carbocycles. The third-order valence-electron chi connectivity index (χ3n) is 2.08. The minimum absolute atomic E-state index is 0.0741. The van der Waals surface area contributed by atoms with Gasteiger partial charge in [-0.15, -0.1) is 5.10 Å². The second-order valence-electron chi connectivity index (χ2n) is 3.51. The first-order chi connectivity index (χ1) is 6.57. The van der Waals surface area contributed by atoms with Crippen molar-refractivity contribution in [2.45, 2.75) is 20.0 Å². The van der Waals surface area contributed by atoms with Crippen LogP contribution in [-0.2, 0) is 11.8 Å². The molecule has 0 N–H and O–H groups in total. The van der Waals surface area contributed by atoms with Crippen molar-refractivity contribution >= 4 is 5.78 Å². The molecule has 0 fully saturated rings. The van der Waals surface area contributed by atoms with Crippen molar-refractivity contribution in [2.24, 2.45) is 13.0 Å². The number of rotatable bonds is 4. The fraction of sp³-hybridized carbons (Fsp3) is 0.667. The van der Waals surface area contributed by atoms with Gasteiger partial charge in [0.15, 0.2) is 0 Å². The molecule has 78 valence electrons. The number of carbonyl (C=O) groups is 1. The predicted molar refractivity (Wildman–Crippen MR) is 51.0 cm³/mol. The van der Waals surface area contributed by atoms with Crippen molar-refractivity contribution in [2.75, 3.05) is 7.11 Å². The molecule has 14 heavy (non-hydrogen) atoms. The standard InChI is InChI=1S/C9H15N3O2/c1-6(2)9(14-4)8(13)7-5-10-11-12(7)3/h5-6,9H,1-4H3. The average Bonchev–Trinajstić information content (AvgIpc) is 2.51. The van der Waals surface area contributed by atoms with Gasteiger partial charge in [0.2, 0.25) is 5.78 Å². The van der Waals surface area contributed by atoms with E-state index in [0.717, 1.165) is 0 Å². The van der Waals surface area contributed by atoms with Crippen LogP contribution in [0.4, 0.5) is 0 Å². The normalized spacial score (nSPS) is 13.2. The van der Waals surface area contributed by atoms with Crippen molar-refractivity contribution in [3.05, 3.63) is 11.9 Å². The third kappa shape index (κ3) is 1.98. The van der Waals surface area contributed by atoms with Gasteiger partial charge in [-0.2, -0.15) is 0 Å². The van der Waals surface area contributed by atoms with E-state index in [4.69, 9.17) is 4.74 Å². The highest BCUT2D eigenvalue weighted by atomic mass is 16.5. The Balaban J connectivity index is 2.89. The predicted octanol–water partition coefficient (Wildman–Crippen LogP) is 0.669. The Morgan fingerprint density at radius 1 is 1.57 bits per heavy atom. The van der Waals surface area contributed by atoms with E-state index in [1.807, 2.05) is 13.8 Å². The van der Waals surface area contributed by atoms with E-state index in [9.17, 15) is 4.79 Å². The van der Waals surface area contributed by atoms with Crippen LogP contribution >= 0.6 is 0 Å². The molecule has 1 unspecified atom stereocenters. The maximum Gasteiger partial charge on any atom is 0.211 e. The summed E-state index contributed by atoms with van der Waals surface area (Å²) in [4.78, 5) is 11.9. The van der Waals surface area contributed by atoms with Crippen molar-refractivity contribution in [1.82, 2.24) is 15.0 Å². The Hall–Kier alpha value is -1.23. The van der Waals surface area contributed by atoms with Crippen molar-refractivity contribution in [3.63, 3.8) is 0 Å². The lowest BCUT2D eigenvalue weighted by Crippen LogP contribution is -2.30. The molecule has 5 heteroatoms. The number of carbonyl (C=O) groups excluding carboxylic acids is 1. The van der Waals surface area contributed by atoms with Gasteiger partial charge in [-0.25, -0.2) is 4.68 Å². The zero-order valence-corrected chi connectivity index (χ0v) is 8.89. The van der Waals surface area contributed by atoms with Gasteiger partial charge in [0, 0.05) is 14.2 Å². The summed E-state index contributed by atoms with van der Waals surface area (Å²) >= 11 is 0. The number of ketones is 1. The largest absolute Gasteiger partial charge is 0.373 e. The second-order valence-corrected chi connectivity index (χ2v) is 3.51. The van der Waals surface area contributed by atoms with Gasteiger partial charge < -0.3 is 4.74 Å². The molecular weight excluding hydrogens is 182 g/mol. The highest BCUT2D eigenvalue weighted by molar-refractivity contribution is 5.97. The lowest BCUT2D eigenvalue weighted by atomic mass is 10.0. The monoisotopic (exact) mass is 197 g/mol. The van der Waals surface area contributed by atoms with E-state index in [-0.39, 0.29) is 11.7 Å². The van der Waals surface area contributed by atoms with Crippen molar-refractivity contribution in [1.29, 1.82) is 0 Å². The van der Waals surface area contributed by atoms with Crippen LogP contribution in [0.15, 0.2) is 6.20 Å². The molecule has 1 heterocycles. The first-order valence-electron chi connectivity index (χ1n) is 4.49. The fourth-order valence-corrected chi connectivity index (χ4v) is 1.34. The number of aromatic nitrogens is 3. The lowest BCUT2D eigenvalue weighted by molar-refractivity contribution is 0.0449. The summed E-state index contributed by atoms with van der Waals surface area (Å²) in [5.41, 5.74) is 0.477. The number of nitrogens with zero attached hydrogens (tertiary/aromatic N) is 3. The van der Waals surface area contributed by atoms with Crippen LogP contribution in [0.5, 0.6) is 0 Å². The average molecular weight is 197 g/mol. The van der Waals surface area contributed by atoms with Crippen LogP contribution in [0.25, 0.3) is 0 Å². The van der Waals surface area contributed by atoms with E-state index in [0.29, 0.717) is 5.69 Å². The Kier molecular flexibility index (Phi) is 3.35. The van der Waals surface area contributed by atoms with Gasteiger partial charge in [0.25, 0.3) is 0 Å². The number of aryl methyl sites for hydroxylation is 1. The van der Waals surface area contributed by atoms with Gasteiger partial charge in [-0.3, -0.25) is 4.79 Å². The molecule has 1 atom stereocenters. The van der Waals surface area contributed by atoms with Crippen LogP contribution in [0, 0.1) is 5.92 Å². The molecule has 5 nitrogen and oxygen atoms in total. The number of hydrogen-bond donors (Lipinski definition) is 0. The molecule has 1 rings (SSSR count). The third-order valence-corrected chi connectivity index (χ3v) is 2.08. The quantitative estimate of drug-likeness (QED) is 0.666. The maximum atomic E-state index is 11.9. The topological polar surface area (TPSA) is 57.0 Å². The molecule has 0 spiro atoms. The summed E-state index contributed by atoms with van der Waals surface area (Å²) in [6.07, 6.45) is 1.03. The summed E-state index contributed by atoms with van der Waals surface area (Å²) < 4.78 is 6.59. The molecule has 0 saturated carbocycles. The molecule has 0 amide bonds. The molecule has 0 radical (unpaired) electrons. The number of ether oxygens (including phenoxy) is 1. The summed E-state index contributed by atoms with van der Waals surface area (Å²) in [5, 5.41) is 7.36. The molecule has 1 aromatic rings. The summed E-state index contributed by atoms with van der Waals surface area (Å²) in [5.74, 6) is 0.0670. The Labute approximate surface area is 83.1 Å². The van der Waals surface area contributed by atoms with Crippen LogP contribution in [0.3, 0.4) is 0 Å². The van der Waals surface area contributed by atoms with E-state index in [2.05, 4.69) is 10.3 Å². The van der Waals surface area contributed by atoms with Crippen LogP contribution < -0.4 is 0 Å². The van der Waals surface area contributed by atoms with Crippen molar-refractivity contribution in [3.8, 4) is 0 Å². The van der Waals surface area contributed by atoms with Crippen LogP contribution in [-0.4, -0.2) is 34.0 Å². The summed E-state index contributed by atoms with van der Waals surface area (Å²) in [7, 11) is 3.22. The Morgan fingerprint density at radius 3 is 2.57 bits per heavy atom. The smallest absolute Gasteiger partial charge is 0.211 e. The van der Waals surface area contributed by atoms with Gasteiger partial charge >= 0.3 is 0 Å². The number of hydrogen-bond acceptors (Lipinski definition) is 4. The van der Waals surface area contributed by atoms with Gasteiger partial charge in [0.1, 0.15) is 11.8 Å². The highest BCUT2D eigenvalue weighted by Gasteiger charge is 2.25. The minimum atomic E-state index is -0.424. The molecule has 0 aromatic carbocycles. The first kappa shape index (κ1) is 10.8. The van der Waals surface area contributed by atoms with Crippen LogP contribution in [0.1, 0.15) is 24.3 Å². The lowest BCUT2D eigenvalue weighted by Gasteiger charge is -2.17. The van der Waals surface area contributed by atoms with E-state index >= 15 is 0 Å². The number of methoxy groups -OCH3 is 1. The van der Waals surface area contributed by atoms with Gasteiger partial charge in [0.05, 0.1) is 6.20 Å². The minimum Gasteiger partial charge on any atom is -0.373 e. The summed E-state index contributed by atoms with van der Waals surface area (Å²) in [6, 6.07) is 0. The van der Waals surface area contributed by atoms with Crippen molar-refractivity contribution < 1.29 is 9.53 Å². The van der Waals surface area contributed by atoms with E-state index < -0.39 is 6.10 Å². The number of Topliss-reactive ketones (excluding diaryl/α,β-unsaturated/α-hetero) is 1.